The van der Waals surface area contributed by atoms with Crippen molar-refractivity contribution in [1.82, 2.24) is 4.90 Å². The summed E-state index contributed by atoms with van der Waals surface area (Å²) >= 11 is 0. The lowest BCUT2D eigenvalue weighted by Crippen LogP contribution is -2.37. The van der Waals surface area contributed by atoms with E-state index in [0.29, 0.717) is 24.8 Å². The maximum Gasteiger partial charge on any atom is 0.222 e. The van der Waals surface area contributed by atoms with E-state index in [9.17, 15) is 4.79 Å². The number of hydrogen-bond donors (Lipinski definition) is 1. The van der Waals surface area contributed by atoms with Crippen LogP contribution < -0.4 is 5.73 Å². The third kappa shape index (κ3) is 5.80. The third-order valence-corrected chi connectivity index (χ3v) is 4.39. The first-order valence-corrected chi connectivity index (χ1v) is 8.17. The average molecular weight is 284 g/mol. The van der Waals surface area contributed by atoms with Gasteiger partial charge in [-0.1, -0.05) is 13.8 Å². The zero-order valence-electron chi connectivity index (χ0n) is 13.4. The Balaban J connectivity index is 2.37. The Morgan fingerprint density at radius 2 is 2.15 bits per heavy atom. The molecule has 1 fully saturated rings. The molecule has 1 aliphatic rings. The van der Waals surface area contributed by atoms with Crippen molar-refractivity contribution < 1.29 is 9.53 Å². The van der Waals surface area contributed by atoms with E-state index in [1.165, 1.54) is 0 Å². The molecule has 0 bridgehead atoms. The monoisotopic (exact) mass is 284 g/mol. The highest BCUT2D eigenvalue weighted by Crippen LogP contribution is 2.21. The van der Waals surface area contributed by atoms with E-state index in [2.05, 4.69) is 13.8 Å². The molecule has 0 aromatic heterocycles. The zero-order chi connectivity index (χ0) is 15.0. The van der Waals surface area contributed by atoms with E-state index in [-0.39, 0.29) is 12.0 Å². The van der Waals surface area contributed by atoms with Gasteiger partial charge in [0.25, 0.3) is 0 Å². The smallest absolute Gasteiger partial charge is 0.222 e. The SMILES string of the molecule is CCN(CC1CCCO1)C(=O)CCC(CCN)C(C)C. The van der Waals surface area contributed by atoms with Crippen molar-refractivity contribution in [2.75, 3.05) is 26.2 Å². The fraction of sp³-hybridized carbons (Fsp3) is 0.938. The Morgan fingerprint density at radius 3 is 2.65 bits per heavy atom. The van der Waals surface area contributed by atoms with Crippen LogP contribution in [0.25, 0.3) is 0 Å². The second-order valence-electron chi connectivity index (χ2n) is 6.19. The Bertz CT molecular complexity index is 276. The van der Waals surface area contributed by atoms with E-state index in [4.69, 9.17) is 10.5 Å². The topological polar surface area (TPSA) is 55.6 Å². The van der Waals surface area contributed by atoms with Crippen molar-refractivity contribution in [2.45, 2.75) is 59.0 Å². The van der Waals surface area contributed by atoms with Gasteiger partial charge in [-0.15, -0.1) is 0 Å². The molecular weight excluding hydrogens is 252 g/mol. The zero-order valence-corrected chi connectivity index (χ0v) is 13.4. The van der Waals surface area contributed by atoms with E-state index >= 15 is 0 Å². The molecule has 2 atom stereocenters. The average Bonchev–Trinajstić information content (AvgIpc) is 2.93. The highest BCUT2D eigenvalue weighted by atomic mass is 16.5. The minimum absolute atomic E-state index is 0.254. The summed E-state index contributed by atoms with van der Waals surface area (Å²) in [5.41, 5.74) is 5.66. The van der Waals surface area contributed by atoms with Crippen molar-refractivity contribution in [3.8, 4) is 0 Å². The lowest BCUT2D eigenvalue weighted by Gasteiger charge is -2.26. The van der Waals surface area contributed by atoms with Gasteiger partial charge in [-0.2, -0.15) is 0 Å². The minimum Gasteiger partial charge on any atom is -0.376 e. The van der Waals surface area contributed by atoms with Gasteiger partial charge < -0.3 is 15.4 Å². The summed E-state index contributed by atoms with van der Waals surface area (Å²) in [6, 6.07) is 0. The van der Waals surface area contributed by atoms with Gasteiger partial charge in [0.2, 0.25) is 5.91 Å². The number of hydrogen-bond acceptors (Lipinski definition) is 3. The highest BCUT2D eigenvalue weighted by Gasteiger charge is 2.22. The fourth-order valence-electron chi connectivity index (χ4n) is 2.93. The standard InChI is InChI=1S/C16H32N2O2/c1-4-18(12-15-6-5-11-20-15)16(19)8-7-14(9-10-17)13(2)3/h13-15H,4-12,17H2,1-3H3. The molecule has 118 valence electrons. The Hall–Kier alpha value is -0.610. The lowest BCUT2D eigenvalue weighted by molar-refractivity contribution is -0.132. The van der Waals surface area contributed by atoms with Gasteiger partial charge in [0, 0.05) is 26.1 Å². The van der Waals surface area contributed by atoms with Crippen LogP contribution in [0.5, 0.6) is 0 Å². The highest BCUT2D eigenvalue weighted by molar-refractivity contribution is 5.76. The largest absolute Gasteiger partial charge is 0.376 e. The first kappa shape index (κ1) is 17.4. The molecule has 4 heteroatoms. The number of nitrogens with zero attached hydrogens (tertiary/aromatic N) is 1. The summed E-state index contributed by atoms with van der Waals surface area (Å²) in [5, 5.41) is 0. The molecule has 0 aliphatic carbocycles. The molecule has 1 aliphatic heterocycles. The maximum atomic E-state index is 12.3. The van der Waals surface area contributed by atoms with Gasteiger partial charge in [-0.3, -0.25) is 4.79 Å². The molecule has 4 nitrogen and oxygen atoms in total. The normalized spacial score (nSPS) is 20.4. The molecule has 2 N–H and O–H groups in total. The van der Waals surface area contributed by atoms with Crippen molar-refractivity contribution >= 4 is 5.91 Å². The van der Waals surface area contributed by atoms with Crippen LogP contribution in [0, 0.1) is 11.8 Å². The van der Waals surface area contributed by atoms with E-state index in [1.54, 1.807) is 0 Å². The van der Waals surface area contributed by atoms with E-state index in [0.717, 1.165) is 45.4 Å². The molecule has 0 radical (unpaired) electrons. The fourth-order valence-corrected chi connectivity index (χ4v) is 2.93. The van der Waals surface area contributed by atoms with Gasteiger partial charge >= 0.3 is 0 Å². The van der Waals surface area contributed by atoms with Crippen LogP contribution in [0.3, 0.4) is 0 Å². The van der Waals surface area contributed by atoms with Crippen molar-refractivity contribution in [3.05, 3.63) is 0 Å². The summed E-state index contributed by atoms with van der Waals surface area (Å²) in [6.45, 7) is 9.59. The summed E-state index contributed by atoms with van der Waals surface area (Å²) in [5.74, 6) is 1.43. The van der Waals surface area contributed by atoms with Crippen LogP contribution >= 0.6 is 0 Å². The quantitative estimate of drug-likeness (QED) is 0.707. The Kier molecular flexibility index (Phi) is 8.15. The van der Waals surface area contributed by atoms with Crippen LogP contribution in [-0.2, 0) is 9.53 Å². The van der Waals surface area contributed by atoms with E-state index in [1.807, 2.05) is 11.8 Å². The van der Waals surface area contributed by atoms with E-state index < -0.39 is 0 Å². The Labute approximate surface area is 124 Å². The number of carbonyl (C=O) groups excluding carboxylic acids is 1. The molecule has 1 heterocycles. The summed E-state index contributed by atoms with van der Waals surface area (Å²) in [7, 11) is 0. The van der Waals surface area contributed by atoms with Crippen LogP contribution in [0.1, 0.15) is 52.9 Å². The minimum atomic E-state index is 0.254. The number of ether oxygens (including phenoxy) is 1. The van der Waals surface area contributed by atoms with Gasteiger partial charge in [-0.05, 0) is 51.0 Å². The molecule has 2 unspecified atom stereocenters. The van der Waals surface area contributed by atoms with Crippen LogP contribution in [-0.4, -0.2) is 43.2 Å². The van der Waals surface area contributed by atoms with Crippen molar-refractivity contribution in [1.29, 1.82) is 0 Å². The molecule has 0 aromatic carbocycles. The van der Waals surface area contributed by atoms with Crippen molar-refractivity contribution in [3.63, 3.8) is 0 Å². The van der Waals surface area contributed by atoms with Crippen LogP contribution in [0.2, 0.25) is 0 Å². The maximum absolute atomic E-state index is 12.3. The Morgan fingerprint density at radius 1 is 1.40 bits per heavy atom. The number of likely N-dealkylation sites (N-methyl/N-ethyl adjacent to an activating group) is 1. The molecular formula is C16H32N2O2. The second kappa shape index (κ2) is 9.35. The molecule has 0 aromatic rings. The summed E-state index contributed by atoms with van der Waals surface area (Å²) in [4.78, 5) is 14.3. The second-order valence-corrected chi connectivity index (χ2v) is 6.19. The molecule has 1 rings (SSSR count). The summed E-state index contributed by atoms with van der Waals surface area (Å²) in [6.07, 6.45) is 5.08. The first-order chi connectivity index (χ1) is 9.58. The predicted molar refractivity (Wildman–Crippen MR) is 82.5 cm³/mol. The number of amides is 1. The molecule has 20 heavy (non-hydrogen) atoms. The summed E-state index contributed by atoms with van der Waals surface area (Å²) < 4.78 is 5.63. The number of rotatable bonds is 9. The predicted octanol–water partition coefficient (Wildman–Crippen LogP) is 2.42. The first-order valence-electron chi connectivity index (χ1n) is 8.17. The van der Waals surface area contributed by atoms with Crippen LogP contribution in [0.4, 0.5) is 0 Å². The molecule has 0 saturated carbocycles. The number of nitrogens with two attached hydrogens (primary N) is 1. The van der Waals surface area contributed by atoms with Gasteiger partial charge in [0.05, 0.1) is 6.10 Å². The lowest BCUT2D eigenvalue weighted by atomic mass is 9.88. The molecule has 1 saturated heterocycles. The van der Waals surface area contributed by atoms with Crippen molar-refractivity contribution in [2.24, 2.45) is 17.6 Å². The van der Waals surface area contributed by atoms with Crippen LogP contribution in [0.15, 0.2) is 0 Å². The number of carbonyl (C=O) groups is 1. The molecule has 0 spiro atoms. The third-order valence-electron chi connectivity index (χ3n) is 4.39. The van der Waals surface area contributed by atoms with Gasteiger partial charge in [0.15, 0.2) is 0 Å². The molecule has 1 amide bonds. The van der Waals surface area contributed by atoms with Gasteiger partial charge in [-0.25, -0.2) is 0 Å². The van der Waals surface area contributed by atoms with Gasteiger partial charge in [0.1, 0.15) is 0 Å².